The number of hydrogen-bond donors (Lipinski definition) is 1. The molecule has 0 heterocycles. The average molecular weight is 353 g/mol. The van der Waals surface area contributed by atoms with Crippen molar-refractivity contribution in [3.63, 3.8) is 0 Å². The van der Waals surface area contributed by atoms with Crippen molar-refractivity contribution in [2.24, 2.45) is 0 Å². The van der Waals surface area contributed by atoms with Crippen LogP contribution in [0.15, 0.2) is 60.7 Å². The fraction of sp³-hybridized carbons (Fsp3) is 0.238. The van der Waals surface area contributed by atoms with E-state index < -0.39 is 5.97 Å². The predicted molar refractivity (Wildman–Crippen MR) is 101 cm³/mol. The number of aliphatic carboxylic acids is 1. The Morgan fingerprint density at radius 1 is 1.08 bits per heavy atom. The van der Waals surface area contributed by atoms with Crippen molar-refractivity contribution in [2.75, 3.05) is 13.1 Å². The predicted octanol–water partition coefficient (Wildman–Crippen LogP) is 3.60. The number of carboxylic acid groups (broad SMARTS) is 1. The molecular weight excluding hydrogens is 330 g/mol. The van der Waals surface area contributed by atoms with Crippen molar-refractivity contribution in [2.45, 2.75) is 20.0 Å². The van der Waals surface area contributed by atoms with Crippen LogP contribution in [-0.2, 0) is 16.2 Å². The van der Waals surface area contributed by atoms with Gasteiger partial charge in [0.2, 0.25) is 5.91 Å². The summed E-state index contributed by atoms with van der Waals surface area (Å²) in [4.78, 5) is 24.2. The van der Waals surface area contributed by atoms with Crippen LogP contribution in [0, 0.1) is 0 Å². The molecule has 0 saturated carbocycles. The molecule has 0 aliphatic carbocycles. The van der Waals surface area contributed by atoms with Gasteiger partial charge in [-0.1, -0.05) is 42.5 Å². The van der Waals surface area contributed by atoms with Gasteiger partial charge in [0.25, 0.3) is 0 Å². The van der Waals surface area contributed by atoms with E-state index in [9.17, 15) is 9.59 Å². The summed E-state index contributed by atoms with van der Waals surface area (Å²) in [5.41, 5.74) is 1.97. The monoisotopic (exact) mass is 353 g/mol. The van der Waals surface area contributed by atoms with Gasteiger partial charge in [-0.3, -0.25) is 9.59 Å². The lowest BCUT2D eigenvalue weighted by molar-refractivity contribution is -0.137. The molecule has 0 atom stereocenters. The molecule has 2 aromatic carbocycles. The number of carbonyl (C=O) groups excluding carboxylic acids is 1. The van der Waals surface area contributed by atoms with Crippen molar-refractivity contribution in [1.29, 1.82) is 0 Å². The van der Waals surface area contributed by atoms with Gasteiger partial charge in [-0.15, -0.1) is 0 Å². The van der Waals surface area contributed by atoms with Crippen LogP contribution in [0.25, 0.3) is 6.08 Å². The van der Waals surface area contributed by atoms with Gasteiger partial charge >= 0.3 is 5.97 Å². The number of ether oxygens (including phenoxy) is 1. The molecule has 5 nitrogen and oxygen atoms in total. The topological polar surface area (TPSA) is 66.8 Å². The summed E-state index contributed by atoms with van der Waals surface area (Å²) in [6, 6.07) is 17.4. The van der Waals surface area contributed by atoms with Gasteiger partial charge < -0.3 is 14.7 Å². The molecule has 0 spiro atoms. The Balaban J connectivity index is 1.88. The summed E-state index contributed by atoms with van der Waals surface area (Å²) >= 11 is 0. The molecule has 26 heavy (non-hydrogen) atoms. The van der Waals surface area contributed by atoms with Gasteiger partial charge in [0, 0.05) is 19.2 Å². The van der Waals surface area contributed by atoms with E-state index in [1.165, 1.54) is 11.0 Å². The highest BCUT2D eigenvalue weighted by molar-refractivity contribution is 5.92. The zero-order valence-electron chi connectivity index (χ0n) is 14.8. The Hall–Kier alpha value is -3.08. The smallest absolute Gasteiger partial charge is 0.305 e. The van der Waals surface area contributed by atoms with Gasteiger partial charge in [0.15, 0.2) is 0 Å². The number of rotatable bonds is 9. The van der Waals surface area contributed by atoms with Crippen molar-refractivity contribution >= 4 is 18.0 Å². The second kappa shape index (κ2) is 10.0. The van der Waals surface area contributed by atoms with Crippen molar-refractivity contribution in [3.8, 4) is 5.75 Å². The molecule has 0 bridgehead atoms. The lowest BCUT2D eigenvalue weighted by Crippen LogP contribution is -2.31. The van der Waals surface area contributed by atoms with E-state index in [2.05, 4.69) is 0 Å². The number of likely N-dealkylation sites (N-methyl/N-ethyl adjacent to an activating group) is 1. The zero-order valence-corrected chi connectivity index (χ0v) is 14.8. The van der Waals surface area contributed by atoms with Crippen LogP contribution in [0.4, 0.5) is 0 Å². The van der Waals surface area contributed by atoms with Crippen LogP contribution in [0.2, 0.25) is 0 Å². The van der Waals surface area contributed by atoms with E-state index in [0.717, 1.165) is 16.9 Å². The first-order valence-corrected chi connectivity index (χ1v) is 8.54. The quantitative estimate of drug-likeness (QED) is 0.700. The normalized spacial score (nSPS) is 10.7. The van der Waals surface area contributed by atoms with Gasteiger partial charge in [-0.25, -0.2) is 0 Å². The van der Waals surface area contributed by atoms with Crippen LogP contribution >= 0.6 is 0 Å². The van der Waals surface area contributed by atoms with Crippen molar-refractivity contribution < 1.29 is 19.4 Å². The number of carboxylic acids is 1. The average Bonchev–Trinajstić information content (AvgIpc) is 2.66. The minimum absolute atomic E-state index is 0.0547. The van der Waals surface area contributed by atoms with Crippen molar-refractivity contribution in [3.05, 3.63) is 71.8 Å². The Bertz CT molecular complexity index is 738. The molecular formula is C21H23NO4. The van der Waals surface area contributed by atoms with Crippen LogP contribution in [0.5, 0.6) is 5.75 Å². The largest absolute Gasteiger partial charge is 0.489 e. The van der Waals surface area contributed by atoms with E-state index in [1.54, 1.807) is 6.08 Å². The Labute approximate surface area is 153 Å². The molecule has 0 saturated heterocycles. The van der Waals surface area contributed by atoms with Gasteiger partial charge in [0.1, 0.15) is 12.4 Å². The molecule has 0 radical (unpaired) electrons. The minimum atomic E-state index is -0.911. The van der Waals surface area contributed by atoms with Gasteiger partial charge in [0.05, 0.1) is 6.42 Å². The standard InChI is InChI=1S/C21H23NO4/c1-2-22(15-14-21(24)25)20(23)13-10-17-8-11-19(12-9-17)26-16-18-6-4-3-5-7-18/h3-13H,2,14-16H2,1H3,(H,24,25)/b13-10+. The maximum Gasteiger partial charge on any atom is 0.305 e. The summed E-state index contributed by atoms with van der Waals surface area (Å²) < 4.78 is 5.73. The minimum Gasteiger partial charge on any atom is -0.489 e. The van der Waals surface area contributed by atoms with Crippen molar-refractivity contribution in [1.82, 2.24) is 4.90 Å². The maximum absolute atomic E-state index is 12.1. The number of benzene rings is 2. The van der Waals surface area contributed by atoms with E-state index in [1.807, 2.05) is 61.5 Å². The van der Waals surface area contributed by atoms with Crippen LogP contribution in [0.1, 0.15) is 24.5 Å². The zero-order chi connectivity index (χ0) is 18.8. The number of carbonyl (C=O) groups is 2. The molecule has 1 N–H and O–H groups in total. The molecule has 2 aromatic rings. The summed E-state index contributed by atoms with van der Waals surface area (Å²) in [6.07, 6.45) is 3.12. The maximum atomic E-state index is 12.1. The summed E-state index contributed by atoms with van der Waals surface area (Å²) in [7, 11) is 0. The molecule has 0 aliphatic rings. The molecule has 5 heteroatoms. The first-order chi connectivity index (χ1) is 12.6. The molecule has 0 aromatic heterocycles. The lowest BCUT2D eigenvalue weighted by Gasteiger charge is -2.17. The van der Waals surface area contributed by atoms with E-state index in [-0.39, 0.29) is 18.9 Å². The Kier molecular flexibility index (Phi) is 7.43. The molecule has 2 rings (SSSR count). The van der Waals surface area contributed by atoms with Gasteiger partial charge in [-0.05, 0) is 36.3 Å². The third kappa shape index (κ3) is 6.43. The fourth-order valence-electron chi connectivity index (χ4n) is 2.34. The summed E-state index contributed by atoms with van der Waals surface area (Å²) in [6.45, 7) is 3.01. The summed E-state index contributed by atoms with van der Waals surface area (Å²) in [5, 5.41) is 8.72. The number of amides is 1. The highest BCUT2D eigenvalue weighted by atomic mass is 16.5. The fourth-order valence-corrected chi connectivity index (χ4v) is 2.34. The van der Waals surface area contributed by atoms with E-state index in [0.29, 0.717) is 13.2 Å². The molecule has 0 fully saturated rings. The third-order valence-electron chi connectivity index (χ3n) is 3.84. The second-order valence-electron chi connectivity index (χ2n) is 5.74. The first-order valence-electron chi connectivity index (χ1n) is 8.54. The van der Waals surface area contributed by atoms with E-state index in [4.69, 9.17) is 9.84 Å². The van der Waals surface area contributed by atoms with E-state index >= 15 is 0 Å². The van der Waals surface area contributed by atoms with Crippen LogP contribution < -0.4 is 4.74 Å². The highest BCUT2D eigenvalue weighted by Gasteiger charge is 2.09. The molecule has 0 aliphatic heterocycles. The summed E-state index contributed by atoms with van der Waals surface area (Å²) in [5.74, 6) is -0.349. The molecule has 1 amide bonds. The first kappa shape index (κ1) is 19.2. The van der Waals surface area contributed by atoms with Crippen LogP contribution in [0.3, 0.4) is 0 Å². The highest BCUT2D eigenvalue weighted by Crippen LogP contribution is 2.15. The third-order valence-corrected chi connectivity index (χ3v) is 3.84. The van der Waals surface area contributed by atoms with Gasteiger partial charge in [-0.2, -0.15) is 0 Å². The molecule has 136 valence electrons. The molecule has 0 unspecified atom stereocenters. The Morgan fingerprint density at radius 2 is 1.77 bits per heavy atom. The SMILES string of the molecule is CCN(CCC(=O)O)C(=O)/C=C/c1ccc(OCc2ccccc2)cc1. The van der Waals surface area contributed by atoms with Crippen LogP contribution in [-0.4, -0.2) is 35.0 Å². The number of hydrogen-bond acceptors (Lipinski definition) is 3. The Morgan fingerprint density at radius 3 is 2.38 bits per heavy atom. The second-order valence-corrected chi connectivity index (χ2v) is 5.74. The lowest BCUT2D eigenvalue weighted by atomic mass is 10.2. The number of nitrogens with zero attached hydrogens (tertiary/aromatic N) is 1.